The maximum Gasteiger partial charge on any atom is 0.256 e. The van der Waals surface area contributed by atoms with E-state index in [-0.39, 0.29) is 49.1 Å². The third-order valence-corrected chi connectivity index (χ3v) is 13.3. The van der Waals surface area contributed by atoms with Gasteiger partial charge in [0.15, 0.2) is 0 Å². The van der Waals surface area contributed by atoms with Crippen molar-refractivity contribution in [3.8, 4) is 5.75 Å². The number of pyridine rings is 2. The monoisotopic (exact) mass is 826 g/mol. The molecule has 2 saturated heterocycles. The molecule has 6 aliphatic rings. The van der Waals surface area contributed by atoms with E-state index in [1.165, 1.54) is 11.1 Å². The fourth-order valence-corrected chi connectivity index (χ4v) is 9.27. The average Bonchev–Trinajstić information content (AvgIpc) is 3.82. The lowest BCUT2D eigenvalue weighted by Gasteiger charge is -2.36. The molecule has 0 bridgehead atoms. The first-order valence-corrected chi connectivity index (χ1v) is 22.1. The lowest BCUT2D eigenvalue weighted by Crippen LogP contribution is -2.47. The minimum Gasteiger partial charge on any atom is -0.490 e. The number of halogens is 1. The first-order chi connectivity index (χ1) is 29.2. The number of fused-ring (bicyclic) bond motifs is 3. The number of piperidine rings is 2. The lowest BCUT2D eigenvalue weighted by atomic mass is 10.0. The van der Waals surface area contributed by atoms with Crippen molar-refractivity contribution in [2.45, 2.75) is 103 Å². The summed E-state index contributed by atoms with van der Waals surface area (Å²) in [4.78, 5) is 44.6. The van der Waals surface area contributed by atoms with Gasteiger partial charge in [0.25, 0.3) is 11.8 Å². The van der Waals surface area contributed by atoms with Crippen LogP contribution in [0.5, 0.6) is 5.75 Å². The van der Waals surface area contributed by atoms with Gasteiger partial charge in [0.1, 0.15) is 29.7 Å². The fourth-order valence-electron chi connectivity index (χ4n) is 9.27. The molecule has 3 aromatic rings. The summed E-state index contributed by atoms with van der Waals surface area (Å²) < 4.78 is 39.6. The molecule has 5 aliphatic heterocycles. The molecule has 1 saturated carbocycles. The number of alkyl halides is 1. The maximum absolute atomic E-state index is 15.4. The Morgan fingerprint density at radius 2 is 1.58 bits per heavy atom. The van der Waals surface area contributed by atoms with Crippen LogP contribution in [0.4, 0.5) is 16.0 Å². The zero-order chi connectivity index (χ0) is 41.4. The number of carbonyl (C=O) groups is 2. The van der Waals surface area contributed by atoms with E-state index in [9.17, 15) is 14.7 Å². The van der Waals surface area contributed by atoms with Crippen molar-refractivity contribution < 1.29 is 38.0 Å². The van der Waals surface area contributed by atoms with Crippen LogP contribution in [-0.4, -0.2) is 127 Å². The Labute approximate surface area is 352 Å². The minimum atomic E-state index is -1.09. The molecule has 2 aromatic heterocycles. The molecule has 1 aliphatic carbocycles. The number of aromatic nitrogens is 2. The van der Waals surface area contributed by atoms with E-state index in [0.29, 0.717) is 83.0 Å². The number of aryl methyl sites for hydroxylation is 1. The largest absolute Gasteiger partial charge is 0.490 e. The number of aliphatic hydroxyl groups is 1. The number of aliphatic hydroxyl groups excluding tert-OH is 1. The molecular weight excluding hydrogens is 768 g/mol. The van der Waals surface area contributed by atoms with Crippen LogP contribution in [0.15, 0.2) is 30.3 Å². The van der Waals surface area contributed by atoms with E-state index < -0.39 is 6.17 Å². The standard InChI is InChI=1S/C46H59FN6O7/c1-3-30-23-36-40(48-42(30)51-15-8-41(38(47)25-51)59-29-46(2)11-12-46)27-53(45(36)56)17-21-57-19-10-32-24-37-39(26-52(16-18-54)44(37)55)49-43(32)50-13-6-34(7-14-50)60-35-5-4-33-28-58-20-9-31(33)22-35/h4-5,22-24,34,38,41,54H,3,6-21,25-29H2,1-2H3/t38-,41-/m0/s1. The molecule has 2 atom stereocenters. The van der Waals surface area contributed by atoms with E-state index in [1.54, 1.807) is 9.80 Å². The molecule has 0 radical (unpaired) electrons. The van der Waals surface area contributed by atoms with Crippen LogP contribution in [0.3, 0.4) is 0 Å². The predicted octanol–water partition coefficient (Wildman–Crippen LogP) is 5.06. The van der Waals surface area contributed by atoms with Gasteiger partial charge in [0.05, 0.1) is 87.9 Å². The Balaban J connectivity index is 0.800. The Morgan fingerprint density at radius 1 is 0.883 bits per heavy atom. The number of carbonyl (C=O) groups excluding carboxylic acids is 2. The molecule has 1 aromatic carbocycles. The third-order valence-electron chi connectivity index (χ3n) is 13.3. The van der Waals surface area contributed by atoms with Crippen LogP contribution >= 0.6 is 0 Å². The number of ether oxygens (including phenoxy) is 4. The van der Waals surface area contributed by atoms with Crippen molar-refractivity contribution in [3.63, 3.8) is 0 Å². The van der Waals surface area contributed by atoms with Crippen molar-refractivity contribution in [3.05, 3.63) is 75.1 Å². The Kier molecular flexibility index (Phi) is 12.0. The molecule has 322 valence electrons. The highest BCUT2D eigenvalue weighted by molar-refractivity contribution is 5.99. The second-order valence-electron chi connectivity index (χ2n) is 17.8. The first-order valence-electron chi connectivity index (χ1n) is 22.1. The number of amides is 2. The maximum atomic E-state index is 15.4. The van der Waals surface area contributed by atoms with Crippen molar-refractivity contribution in [1.29, 1.82) is 0 Å². The number of hydrogen-bond donors (Lipinski definition) is 1. The molecular formula is C46H59FN6O7. The van der Waals surface area contributed by atoms with Crippen molar-refractivity contribution in [1.82, 2.24) is 19.8 Å². The molecule has 13 nitrogen and oxygen atoms in total. The molecule has 14 heteroatoms. The normalized spacial score (nSPS) is 22.3. The molecule has 3 fully saturated rings. The molecule has 2 amide bonds. The van der Waals surface area contributed by atoms with E-state index in [1.807, 2.05) is 30.0 Å². The van der Waals surface area contributed by atoms with Crippen molar-refractivity contribution >= 4 is 23.5 Å². The van der Waals surface area contributed by atoms with Gasteiger partial charge in [-0.05, 0) is 90.5 Å². The average molecular weight is 827 g/mol. The summed E-state index contributed by atoms with van der Waals surface area (Å²) in [5.74, 6) is 2.38. The SMILES string of the molecule is CCc1cc2c(nc1N1CC[C@H](OCC3(C)CC3)[C@@H](F)C1)CN(CCOCCc1cc3c(nc1N1CCC(Oc4ccc5c(c4)CCOC5)CC1)CN(CCO)C3=O)C2=O. The molecule has 9 rings (SSSR count). The van der Waals surface area contributed by atoms with Gasteiger partial charge in [-0.3, -0.25) is 9.59 Å². The highest BCUT2D eigenvalue weighted by Gasteiger charge is 2.41. The Hall–Kier alpha value is -4.37. The third kappa shape index (κ3) is 8.71. The summed E-state index contributed by atoms with van der Waals surface area (Å²) in [5.41, 5.74) is 7.31. The quantitative estimate of drug-likeness (QED) is 0.195. The predicted molar refractivity (Wildman–Crippen MR) is 223 cm³/mol. The topological polar surface area (TPSA) is 130 Å². The summed E-state index contributed by atoms with van der Waals surface area (Å²) in [6, 6.07) is 10.2. The second kappa shape index (κ2) is 17.5. The number of nitrogens with zero attached hydrogens (tertiary/aromatic N) is 6. The molecule has 0 unspecified atom stereocenters. The second-order valence-corrected chi connectivity index (χ2v) is 17.8. The number of benzene rings is 1. The minimum absolute atomic E-state index is 0.0592. The summed E-state index contributed by atoms with van der Waals surface area (Å²) in [6.07, 6.45) is 5.37. The molecule has 7 heterocycles. The molecule has 0 spiro atoms. The number of hydrogen-bond acceptors (Lipinski definition) is 11. The van der Waals surface area contributed by atoms with Crippen LogP contribution in [0.1, 0.15) is 100 Å². The van der Waals surface area contributed by atoms with Gasteiger partial charge < -0.3 is 43.7 Å². The van der Waals surface area contributed by atoms with Crippen LogP contribution in [0, 0.1) is 5.41 Å². The number of rotatable bonds is 16. The van der Waals surface area contributed by atoms with Gasteiger partial charge in [0.2, 0.25) is 0 Å². The number of β-amino-alcohol motifs (C(OH)–C–C–N with tert-alkyl or cyclic N) is 1. The summed E-state index contributed by atoms with van der Waals surface area (Å²) in [5, 5.41) is 9.58. The van der Waals surface area contributed by atoms with Gasteiger partial charge in [-0.1, -0.05) is 19.9 Å². The fraction of sp³-hybridized carbons (Fsp3) is 0.609. The van der Waals surface area contributed by atoms with Crippen LogP contribution < -0.4 is 14.5 Å². The highest BCUT2D eigenvalue weighted by Crippen LogP contribution is 2.45. The van der Waals surface area contributed by atoms with Crippen LogP contribution in [0.25, 0.3) is 0 Å². The van der Waals surface area contributed by atoms with E-state index >= 15 is 4.39 Å². The summed E-state index contributed by atoms with van der Waals surface area (Å²) in [6.45, 7) is 10.8. The van der Waals surface area contributed by atoms with Crippen molar-refractivity contribution in [2.75, 3.05) is 82.1 Å². The van der Waals surface area contributed by atoms with E-state index in [2.05, 4.69) is 24.0 Å². The Bertz CT molecular complexity index is 2070. The summed E-state index contributed by atoms with van der Waals surface area (Å²) >= 11 is 0. The zero-order valence-corrected chi connectivity index (χ0v) is 35.1. The lowest BCUT2D eigenvalue weighted by molar-refractivity contribution is -0.0302. The summed E-state index contributed by atoms with van der Waals surface area (Å²) in [7, 11) is 0. The Morgan fingerprint density at radius 3 is 2.28 bits per heavy atom. The smallest absolute Gasteiger partial charge is 0.256 e. The van der Waals surface area contributed by atoms with Crippen LogP contribution in [0.2, 0.25) is 0 Å². The van der Waals surface area contributed by atoms with E-state index in [0.717, 1.165) is 91.7 Å². The highest BCUT2D eigenvalue weighted by atomic mass is 19.1. The van der Waals surface area contributed by atoms with Gasteiger partial charge in [-0.25, -0.2) is 14.4 Å². The van der Waals surface area contributed by atoms with Gasteiger partial charge >= 0.3 is 0 Å². The zero-order valence-electron chi connectivity index (χ0n) is 35.1. The van der Waals surface area contributed by atoms with Gasteiger partial charge in [-0.15, -0.1) is 0 Å². The van der Waals surface area contributed by atoms with Crippen molar-refractivity contribution in [2.24, 2.45) is 5.41 Å². The number of anilines is 2. The molecule has 1 N–H and O–H groups in total. The first kappa shape index (κ1) is 41.0. The van der Waals surface area contributed by atoms with Crippen LogP contribution in [-0.2, 0) is 53.2 Å². The molecule has 60 heavy (non-hydrogen) atoms. The van der Waals surface area contributed by atoms with Gasteiger partial charge in [0, 0.05) is 45.6 Å². The van der Waals surface area contributed by atoms with Gasteiger partial charge in [-0.2, -0.15) is 0 Å². The van der Waals surface area contributed by atoms with E-state index in [4.69, 9.17) is 28.9 Å².